The first kappa shape index (κ1) is 12.7. The molecular weight excluding hydrogens is 240 g/mol. The van der Waals surface area contributed by atoms with E-state index >= 15 is 0 Å². The van der Waals surface area contributed by atoms with Crippen molar-refractivity contribution < 1.29 is 4.79 Å². The Morgan fingerprint density at radius 1 is 1.26 bits per heavy atom. The lowest BCUT2D eigenvalue weighted by atomic mass is 10.1. The van der Waals surface area contributed by atoms with Gasteiger partial charge in [-0.3, -0.25) is 14.8 Å². The molecule has 0 unspecified atom stereocenters. The molecule has 0 aromatic carbocycles. The summed E-state index contributed by atoms with van der Waals surface area (Å²) in [6.07, 6.45) is 5.42. The van der Waals surface area contributed by atoms with E-state index in [9.17, 15) is 4.79 Å². The van der Waals surface area contributed by atoms with E-state index < -0.39 is 0 Å². The molecule has 1 aliphatic heterocycles. The Morgan fingerprint density at radius 2 is 1.95 bits per heavy atom. The summed E-state index contributed by atoms with van der Waals surface area (Å²) in [5, 5.41) is 6.89. The zero-order valence-corrected chi connectivity index (χ0v) is 11.6. The Bertz CT molecular complexity index is 442. The van der Waals surface area contributed by atoms with Gasteiger partial charge in [-0.05, 0) is 25.8 Å². The Morgan fingerprint density at radius 3 is 2.53 bits per heavy atom. The van der Waals surface area contributed by atoms with Gasteiger partial charge >= 0.3 is 0 Å². The minimum Gasteiger partial charge on any atom is -0.335 e. The van der Waals surface area contributed by atoms with Crippen LogP contribution in [-0.4, -0.2) is 58.1 Å². The van der Waals surface area contributed by atoms with Crippen molar-refractivity contribution in [1.82, 2.24) is 20.0 Å². The Kier molecular flexibility index (Phi) is 3.55. The molecule has 104 valence electrons. The predicted octanol–water partition coefficient (Wildman–Crippen LogP) is 1.42. The van der Waals surface area contributed by atoms with E-state index in [1.54, 1.807) is 0 Å². The summed E-state index contributed by atoms with van der Waals surface area (Å²) in [5.74, 6) is 0.0652. The minimum atomic E-state index is 0.0652. The molecule has 5 nitrogen and oxygen atoms in total. The lowest BCUT2D eigenvalue weighted by Gasteiger charge is -2.37. The third-order valence-corrected chi connectivity index (χ3v) is 4.37. The number of rotatable bonds is 2. The molecule has 1 N–H and O–H groups in total. The van der Waals surface area contributed by atoms with E-state index in [0.717, 1.165) is 37.9 Å². The molecule has 1 amide bonds. The van der Waals surface area contributed by atoms with Gasteiger partial charge in [-0.25, -0.2) is 0 Å². The van der Waals surface area contributed by atoms with Crippen LogP contribution in [0.3, 0.4) is 0 Å². The first-order chi connectivity index (χ1) is 9.24. The average Bonchev–Trinajstić information content (AvgIpc) is 3.09. The van der Waals surface area contributed by atoms with Crippen LogP contribution < -0.4 is 0 Å². The topological polar surface area (TPSA) is 52.2 Å². The summed E-state index contributed by atoms with van der Waals surface area (Å²) in [6.45, 7) is 5.61. The van der Waals surface area contributed by atoms with Crippen molar-refractivity contribution in [1.29, 1.82) is 0 Å². The molecule has 0 radical (unpaired) electrons. The van der Waals surface area contributed by atoms with E-state index in [2.05, 4.69) is 15.1 Å². The van der Waals surface area contributed by atoms with E-state index in [4.69, 9.17) is 0 Å². The van der Waals surface area contributed by atoms with Crippen molar-refractivity contribution in [2.24, 2.45) is 0 Å². The fraction of sp³-hybridized carbons (Fsp3) is 0.714. The molecular formula is C14H22N4O. The van der Waals surface area contributed by atoms with Gasteiger partial charge in [0.25, 0.3) is 5.91 Å². The van der Waals surface area contributed by atoms with Gasteiger partial charge in [0.05, 0.1) is 0 Å². The quantitative estimate of drug-likeness (QED) is 0.877. The largest absolute Gasteiger partial charge is 0.335 e. The van der Waals surface area contributed by atoms with Crippen LogP contribution >= 0.6 is 0 Å². The molecule has 0 bridgehead atoms. The summed E-state index contributed by atoms with van der Waals surface area (Å²) < 4.78 is 0. The van der Waals surface area contributed by atoms with Crippen molar-refractivity contribution in [3.8, 4) is 0 Å². The third-order valence-electron chi connectivity index (χ3n) is 4.37. The number of amides is 1. The van der Waals surface area contributed by atoms with Gasteiger partial charge in [-0.1, -0.05) is 12.8 Å². The van der Waals surface area contributed by atoms with E-state index in [1.807, 2.05) is 17.9 Å². The third kappa shape index (κ3) is 2.66. The smallest absolute Gasteiger partial charge is 0.274 e. The Labute approximate surface area is 114 Å². The number of H-pyrrole nitrogens is 1. The number of nitrogens with zero attached hydrogens (tertiary/aromatic N) is 3. The maximum absolute atomic E-state index is 12.3. The number of carbonyl (C=O) groups excluding carboxylic acids is 1. The first-order valence-corrected chi connectivity index (χ1v) is 7.29. The molecule has 2 aliphatic rings. The molecule has 19 heavy (non-hydrogen) atoms. The van der Waals surface area contributed by atoms with Crippen molar-refractivity contribution in [3.05, 3.63) is 17.5 Å². The van der Waals surface area contributed by atoms with E-state index in [-0.39, 0.29) is 5.91 Å². The van der Waals surface area contributed by atoms with Crippen LogP contribution in [0.1, 0.15) is 41.9 Å². The van der Waals surface area contributed by atoms with Gasteiger partial charge in [0.15, 0.2) is 0 Å². The maximum atomic E-state index is 12.3. The standard InChI is InChI=1S/C14H22N4O/c1-11-10-13(16-15-11)14(19)18-8-6-17(7-9-18)12-4-2-3-5-12/h10,12H,2-9H2,1H3,(H,15,16). The molecule has 1 aromatic rings. The van der Waals surface area contributed by atoms with Crippen LogP contribution in [0, 0.1) is 6.92 Å². The van der Waals surface area contributed by atoms with E-state index in [1.165, 1.54) is 25.7 Å². The van der Waals surface area contributed by atoms with Gasteiger partial charge in [0.1, 0.15) is 5.69 Å². The fourth-order valence-electron chi connectivity index (χ4n) is 3.25. The molecule has 1 aromatic heterocycles. The molecule has 2 heterocycles. The highest BCUT2D eigenvalue weighted by Gasteiger charge is 2.28. The number of hydrogen-bond donors (Lipinski definition) is 1. The normalized spacial score (nSPS) is 22.1. The molecule has 1 saturated carbocycles. The number of hydrogen-bond acceptors (Lipinski definition) is 3. The van der Waals surface area contributed by atoms with E-state index in [0.29, 0.717) is 5.69 Å². The SMILES string of the molecule is Cc1cc(C(=O)N2CCN(C3CCCC3)CC2)n[nH]1. The second-order valence-electron chi connectivity index (χ2n) is 5.70. The lowest BCUT2D eigenvalue weighted by Crippen LogP contribution is -2.51. The summed E-state index contributed by atoms with van der Waals surface area (Å²) in [6, 6.07) is 2.59. The number of aryl methyl sites for hydroxylation is 1. The Balaban J connectivity index is 1.56. The molecule has 0 atom stereocenters. The van der Waals surface area contributed by atoms with Crippen LogP contribution in [0.15, 0.2) is 6.07 Å². The summed E-state index contributed by atoms with van der Waals surface area (Å²) >= 11 is 0. The van der Waals surface area contributed by atoms with Crippen molar-refractivity contribution in [2.75, 3.05) is 26.2 Å². The predicted molar refractivity (Wildman–Crippen MR) is 73.1 cm³/mol. The minimum absolute atomic E-state index is 0.0652. The fourth-order valence-corrected chi connectivity index (χ4v) is 3.25. The molecule has 0 spiro atoms. The average molecular weight is 262 g/mol. The van der Waals surface area contributed by atoms with Gasteiger partial charge in [-0.15, -0.1) is 0 Å². The highest BCUT2D eigenvalue weighted by molar-refractivity contribution is 5.92. The van der Waals surface area contributed by atoms with Crippen LogP contribution in [0.4, 0.5) is 0 Å². The molecule has 1 saturated heterocycles. The number of piperazine rings is 1. The molecule has 5 heteroatoms. The number of carbonyl (C=O) groups is 1. The van der Waals surface area contributed by atoms with Gasteiger partial charge in [-0.2, -0.15) is 5.10 Å². The summed E-state index contributed by atoms with van der Waals surface area (Å²) in [7, 11) is 0. The molecule has 1 aliphatic carbocycles. The second-order valence-corrected chi connectivity index (χ2v) is 5.70. The summed E-state index contributed by atoms with van der Waals surface area (Å²) in [4.78, 5) is 16.8. The van der Waals surface area contributed by atoms with Gasteiger partial charge in [0.2, 0.25) is 0 Å². The molecule has 2 fully saturated rings. The Hall–Kier alpha value is -1.36. The van der Waals surface area contributed by atoms with Gasteiger partial charge in [0, 0.05) is 37.9 Å². The van der Waals surface area contributed by atoms with Crippen LogP contribution in [0.25, 0.3) is 0 Å². The maximum Gasteiger partial charge on any atom is 0.274 e. The van der Waals surface area contributed by atoms with Crippen molar-refractivity contribution in [2.45, 2.75) is 38.6 Å². The summed E-state index contributed by atoms with van der Waals surface area (Å²) in [5.41, 5.74) is 1.49. The highest BCUT2D eigenvalue weighted by Crippen LogP contribution is 2.24. The number of nitrogens with one attached hydrogen (secondary N) is 1. The van der Waals surface area contributed by atoms with Crippen molar-refractivity contribution in [3.63, 3.8) is 0 Å². The number of aromatic nitrogens is 2. The monoisotopic (exact) mass is 262 g/mol. The zero-order valence-electron chi connectivity index (χ0n) is 11.6. The molecule has 3 rings (SSSR count). The van der Waals surface area contributed by atoms with Gasteiger partial charge < -0.3 is 4.90 Å². The first-order valence-electron chi connectivity index (χ1n) is 7.29. The zero-order chi connectivity index (χ0) is 13.2. The second kappa shape index (κ2) is 5.33. The highest BCUT2D eigenvalue weighted by atomic mass is 16.2. The number of aromatic amines is 1. The lowest BCUT2D eigenvalue weighted by molar-refractivity contribution is 0.0568. The van der Waals surface area contributed by atoms with Crippen LogP contribution in [-0.2, 0) is 0 Å². The van der Waals surface area contributed by atoms with Crippen LogP contribution in [0.2, 0.25) is 0 Å². The van der Waals surface area contributed by atoms with Crippen molar-refractivity contribution >= 4 is 5.91 Å². The van der Waals surface area contributed by atoms with Crippen LogP contribution in [0.5, 0.6) is 0 Å².